The molecule has 2 amide bonds. The lowest BCUT2D eigenvalue weighted by Gasteiger charge is -2.18. The second-order valence-corrected chi connectivity index (χ2v) is 6.19. The van der Waals surface area contributed by atoms with E-state index in [4.69, 9.17) is 0 Å². The first kappa shape index (κ1) is 19.0. The number of halogens is 1. The van der Waals surface area contributed by atoms with Crippen LogP contribution in [-0.4, -0.2) is 37.5 Å². The third-order valence-electron chi connectivity index (χ3n) is 4.28. The van der Waals surface area contributed by atoms with Gasteiger partial charge in [0.15, 0.2) is 0 Å². The Bertz CT molecular complexity index is 406. The Hall–Kier alpha value is -1.07. The molecule has 1 saturated carbocycles. The van der Waals surface area contributed by atoms with Crippen LogP contribution in [0.3, 0.4) is 0 Å². The van der Waals surface area contributed by atoms with Gasteiger partial charge in [-0.2, -0.15) is 0 Å². The number of amides is 2. The largest absolute Gasteiger partial charge is 0.353 e. The number of hydrogen-bond acceptors (Lipinski definition) is 3. The molecule has 1 fully saturated rings. The highest BCUT2D eigenvalue weighted by atomic mass is 35.5. The Morgan fingerprint density at radius 2 is 2.09 bits per heavy atom. The smallest absolute Gasteiger partial charge is 0.223 e. The van der Waals surface area contributed by atoms with E-state index in [-0.39, 0.29) is 36.2 Å². The first-order valence-electron chi connectivity index (χ1n) is 8.11. The molecular formula is C16H28ClN3O2. The lowest BCUT2D eigenvalue weighted by atomic mass is 10.1. The van der Waals surface area contributed by atoms with E-state index in [0.717, 1.165) is 45.2 Å². The van der Waals surface area contributed by atoms with E-state index in [1.807, 2.05) is 6.92 Å². The van der Waals surface area contributed by atoms with Gasteiger partial charge in [-0.1, -0.05) is 24.5 Å². The Balaban J connectivity index is 0.00000242. The van der Waals surface area contributed by atoms with Crippen molar-refractivity contribution < 1.29 is 9.59 Å². The standard InChI is InChI=1S/C16H27N3O2.ClH/c1-12(19-16(21)14-4-2-3-5-14)10-15(20)18-11-13-6-8-17-9-7-13;/h6,12,14,17H,2-5,7-11H2,1H3,(H,18,20)(H,19,21);1H. The molecule has 3 N–H and O–H groups in total. The van der Waals surface area contributed by atoms with E-state index in [2.05, 4.69) is 22.0 Å². The first-order valence-corrected chi connectivity index (χ1v) is 8.11. The summed E-state index contributed by atoms with van der Waals surface area (Å²) in [7, 11) is 0. The summed E-state index contributed by atoms with van der Waals surface area (Å²) in [6, 6.07) is -0.0971. The number of carbonyl (C=O) groups is 2. The fourth-order valence-corrected chi connectivity index (χ4v) is 2.99. The SMILES string of the molecule is CC(CC(=O)NCC1=CCNCC1)NC(=O)C1CCCC1.Cl. The lowest BCUT2D eigenvalue weighted by molar-refractivity contribution is -0.126. The summed E-state index contributed by atoms with van der Waals surface area (Å²) in [5.41, 5.74) is 1.28. The van der Waals surface area contributed by atoms with Crippen molar-refractivity contribution in [3.63, 3.8) is 0 Å². The predicted molar refractivity (Wildman–Crippen MR) is 90.0 cm³/mol. The molecule has 2 aliphatic rings. The van der Waals surface area contributed by atoms with E-state index < -0.39 is 0 Å². The predicted octanol–water partition coefficient (Wildman–Crippen LogP) is 1.53. The van der Waals surface area contributed by atoms with E-state index in [0.29, 0.717) is 13.0 Å². The van der Waals surface area contributed by atoms with Gasteiger partial charge in [0, 0.05) is 31.5 Å². The van der Waals surface area contributed by atoms with E-state index >= 15 is 0 Å². The van der Waals surface area contributed by atoms with E-state index in [9.17, 15) is 9.59 Å². The van der Waals surface area contributed by atoms with Gasteiger partial charge in [0.1, 0.15) is 0 Å². The highest BCUT2D eigenvalue weighted by molar-refractivity contribution is 5.85. The molecule has 0 radical (unpaired) electrons. The molecule has 1 aliphatic carbocycles. The van der Waals surface area contributed by atoms with Crippen molar-refractivity contribution in [3.05, 3.63) is 11.6 Å². The van der Waals surface area contributed by atoms with Crippen LogP contribution in [0.4, 0.5) is 0 Å². The van der Waals surface area contributed by atoms with Crippen molar-refractivity contribution >= 4 is 24.2 Å². The molecule has 0 saturated heterocycles. The minimum absolute atomic E-state index is 0. The maximum atomic E-state index is 12.0. The van der Waals surface area contributed by atoms with Crippen LogP contribution in [0.1, 0.15) is 45.4 Å². The molecule has 22 heavy (non-hydrogen) atoms. The molecule has 0 aromatic rings. The second kappa shape index (κ2) is 9.85. The van der Waals surface area contributed by atoms with E-state index in [1.165, 1.54) is 5.57 Å². The quantitative estimate of drug-likeness (QED) is 0.647. The first-order chi connectivity index (χ1) is 10.1. The molecular weight excluding hydrogens is 302 g/mol. The van der Waals surface area contributed by atoms with Gasteiger partial charge < -0.3 is 16.0 Å². The Morgan fingerprint density at radius 1 is 1.36 bits per heavy atom. The van der Waals surface area contributed by atoms with Gasteiger partial charge in [0.05, 0.1) is 0 Å². The highest BCUT2D eigenvalue weighted by Crippen LogP contribution is 2.24. The summed E-state index contributed by atoms with van der Waals surface area (Å²) >= 11 is 0. The summed E-state index contributed by atoms with van der Waals surface area (Å²) < 4.78 is 0. The number of rotatable bonds is 6. The minimum Gasteiger partial charge on any atom is -0.353 e. The molecule has 0 bridgehead atoms. The maximum Gasteiger partial charge on any atom is 0.223 e. The molecule has 1 unspecified atom stereocenters. The fraction of sp³-hybridized carbons (Fsp3) is 0.750. The molecule has 126 valence electrons. The monoisotopic (exact) mass is 329 g/mol. The van der Waals surface area contributed by atoms with Crippen LogP contribution in [0.5, 0.6) is 0 Å². The summed E-state index contributed by atoms with van der Waals surface area (Å²) in [4.78, 5) is 23.9. The van der Waals surface area contributed by atoms with Gasteiger partial charge in [0.2, 0.25) is 11.8 Å². The van der Waals surface area contributed by atoms with Crippen molar-refractivity contribution in [2.45, 2.75) is 51.5 Å². The zero-order chi connectivity index (χ0) is 15.1. The molecule has 6 heteroatoms. The summed E-state index contributed by atoms with van der Waals surface area (Å²) in [5.74, 6) is 0.290. The number of carbonyl (C=O) groups excluding carboxylic acids is 2. The number of hydrogen-bond donors (Lipinski definition) is 3. The van der Waals surface area contributed by atoms with Gasteiger partial charge in [-0.15, -0.1) is 12.4 Å². The van der Waals surface area contributed by atoms with Crippen LogP contribution in [0.25, 0.3) is 0 Å². The molecule has 5 nitrogen and oxygen atoms in total. The van der Waals surface area contributed by atoms with Gasteiger partial charge in [0.25, 0.3) is 0 Å². The van der Waals surface area contributed by atoms with Crippen molar-refractivity contribution in [1.29, 1.82) is 0 Å². The van der Waals surface area contributed by atoms with Crippen LogP contribution in [0, 0.1) is 5.92 Å². The fourth-order valence-electron chi connectivity index (χ4n) is 2.99. The molecule has 1 atom stereocenters. The van der Waals surface area contributed by atoms with Gasteiger partial charge in [-0.3, -0.25) is 9.59 Å². The molecule has 2 rings (SSSR count). The average molecular weight is 330 g/mol. The van der Waals surface area contributed by atoms with Crippen LogP contribution < -0.4 is 16.0 Å². The lowest BCUT2D eigenvalue weighted by Crippen LogP contribution is -2.40. The van der Waals surface area contributed by atoms with Gasteiger partial charge in [-0.25, -0.2) is 0 Å². The van der Waals surface area contributed by atoms with Crippen molar-refractivity contribution in [1.82, 2.24) is 16.0 Å². The van der Waals surface area contributed by atoms with Crippen LogP contribution in [0.15, 0.2) is 11.6 Å². The van der Waals surface area contributed by atoms with Crippen LogP contribution in [0.2, 0.25) is 0 Å². The normalized spacial score (nSPS) is 19.8. The van der Waals surface area contributed by atoms with Crippen molar-refractivity contribution in [3.8, 4) is 0 Å². The summed E-state index contributed by atoms with van der Waals surface area (Å²) in [5, 5.41) is 9.15. The summed E-state index contributed by atoms with van der Waals surface area (Å²) in [6.45, 7) is 4.40. The number of nitrogens with one attached hydrogen (secondary N) is 3. The summed E-state index contributed by atoms with van der Waals surface area (Å²) in [6.07, 6.45) is 7.76. The second-order valence-electron chi connectivity index (χ2n) is 6.19. The molecule has 0 aromatic heterocycles. The third kappa shape index (κ3) is 6.36. The van der Waals surface area contributed by atoms with Crippen LogP contribution >= 0.6 is 12.4 Å². The van der Waals surface area contributed by atoms with Gasteiger partial charge >= 0.3 is 0 Å². The Labute approximate surface area is 139 Å². The Kier molecular flexibility index (Phi) is 8.49. The molecule has 0 spiro atoms. The van der Waals surface area contributed by atoms with Crippen LogP contribution in [-0.2, 0) is 9.59 Å². The zero-order valence-electron chi connectivity index (χ0n) is 13.3. The molecule has 1 heterocycles. The van der Waals surface area contributed by atoms with Gasteiger partial charge in [-0.05, 0) is 32.7 Å². The molecule has 0 aromatic carbocycles. The highest BCUT2D eigenvalue weighted by Gasteiger charge is 2.24. The van der Waals surface area contributed by atoms with Crippen molar-refractivity contribution in [2.24, 2.45) is 5.92 Å². The average Bonchev–Trinajstić information content (AvgIpc) is 3.00. The maximum absolute atomic E-state index is 12.0. The molecule has 1 aliphatic heterocycles. The topological polar surface area (TPSA) is 70.2 Å². The Morgan fingerprint density at radius 3 is 2.73 bits per heavy atom. The van der Waals surface area contributed by atoms with E-state index in [1.54, 1.807) is 0 Å². The zero-order valence-corrected chi connectivity index (χ0v) is 14.1. The third-order valence-corrected chi connectivity index (χ3v) is 4.28. The minimum atomic E-state index is -0.0971. The van der Waals surface area contributed by atoms with Crippen molar-refractivity contribution in [2.75, 3.05) is 19.6 Å².